The molecule has 4 amide bonds. The molecule has 0 unspecified atom stereocenters. The molecule has 4 N–H and O–H groups in total. The maximum Gasteiger partial charge on any atom is 0.323 e. The minimum absolute atomic E-state index is 0.0189. The molecular weight excluding hydrogens is 518 g/mol. The van der Waals surface area contributed by atoms with Crippen molar-refractivity contribution in [2.24, 2.45) is 0 Å². The summed E-state index contributed by atoms with van der Waals surface area (Å²) >= 11 is 0. The van der Waals surface area contributed by atoms with E-state index in [4.69, 9.17) is 9.84 Å². The minimum Gasteiger partial charge on any atom is -0.495 e. The van der Waals surface area contributed by atoms with E-state index in [2.05, 4.69) is 10.6 Å². The number of anilines is 2. The number of aryl methyl sites for hydroxylation is 1. The number of amides is 4. The van der Waals surface area contributed by atoms with E-state index in [1.54, 1.807) is 34.1 Å². The number of nitrogens with zero attached hydrogens (tertiary/aromatic N) is 3. The minimum atomic E-state index is -0.915. The fourth-order valence-corrected chi connectivity index (χ4v) is 5.07. The molecule has 2 aromatic carbocycles. The first-order chi connectivity index (χ1) is 19.1. The molecule has 2 aliphatic rings. The summed E-state index contributed by atoms with van der Waals surface area (Å²) in [6, 6.07) is 11.2. The second kappa shape index (κ2) is 12.8. The molecular formula is C28H35N5O7. The molecule has 0 radical (unpaired) electrons. The summed E-state index contributed by atoms with van der Waals surface area (Å²) in [5.41, 5.74) is 2.65. The third kappa shape index (κ3) is 7.07. The molecule has 2 fully saturated rings. The van der Waals surface area contributed by atoms with Gasteiger partial charge in [0.15, 0.2) is 0 Å². The number of carboxylic acid groups (broad SMARTS) is 1. The van der Waals surface area contributed by atoms with Crippen molar-refractivity contribution in [2.75, 3.05) is 57.0 Å². The van der Waals surface area contributed by atoms with Crippen LogP contribution in [0.25, 0.3) is 0 Å². The van der Waals surface area contributed by atoms with Gasteiger partial charge in [-0.25, -0.2) is 4.79 Å². The molecule has 2 aromatic rings. The van der Waals surface area contributed by atoms with E-state index in [1.807, 2.05) is 25.1 Å². The fraction of sp³-hybridized carbons (Fsp3) is 0.429. The number of methoxy groups -OCH3 is 1. The lowest BCUT2D eigenvalue weighted by molar-refractivity contribution is -0.145. The number of hydrogen-bond acceptors (Lipinski definition) is 7. The van der Waals surface area contributed by atoms with Crippen molar-refractivity contribution in [3.8, 4) is 5.75 Å². The average Bonchev–Trinajstić information content (AvgIpc) is 3.32. The Morgan fingerprint density at radius 2 is 1.70 bits per heavy atom. The van der Waals surface area contributed by atoms with Crippen LogP contribution in [0.2, 0.25) is 0 Å². The standard InChI is InChI=1S/C28H35N5O7/c1-18-5-3-4-6-21(18)29-28(39)30-22-8-7-19(13-24(22)40-2)14-25(35)33-16-20(34)15-23(33)27(38)32-11-9-31(10-12-32)17-26(36)37/h3-8,13,20,23,34H,9-12,14-17H2,1-2H3,(H,36,37)(H2,29,30,39)/t20-,23+/m1/s1. The van der Waals surface area contributed by atoms with Gasteiger partial charge in [-0.1, -0.05) is 24.3 Å². The third-order valence-electron chi connectivity index (χ3n) is 7.19. The zero-order chi connectivity index (χ0) is 28.8. The molecule has 40 heavy (non-hydrogen) atoms. The predicted octanol–water partition coefficient (Wildman–Crippen LogP) is 1.38. The number of nitrogens with one attached hydrogen (secondary N) is 2. The molecule has 214 valence electrons. The first-order valence-electron chi connectivity index (χ1n) is 13.2. The monoisotopic (exact) mass is 553 g/mol. The number of para-hydroxylation sites is 1. The van der Waals surface area contributed by atoms with Crippen molar-refractivity contribution >= 4 is 35.2 Å². The Balaban J connectivity index is 1.38. The van der Waals surface area contributed by atoms with Crippen LogP contribution >= 0.6 is 0 Å². The number of piperazine rings is 1. The van der Waals surface area contributed by atoms with Crippen LogP contribution in [-0.4, -0.2) is 107 Å². The number of aliphatic carboxylic acids is 1. The summed E-state index contributed by atoms with van der Waals surface area (Å²) < 4.78 is 5.45. The zero-order valence-electron chi connectivity index (χ0n) is 22.6. The Morgan fingerprint density at radius 1 is 1.00 bits per heavy atom. The maximum absolute atomic E-state index is 13.3. The number of ether oxygens (including phenoxy) is 1. The van der Waals surface area contributed by atoms with Gasteiger partial charge in [0.25, 0.3) is 0 Å². The molecule has 2 heterocycles. The largest absolute Gasteiger partial charge is 0.495 e. The van der Waals surface area contributed by atoms with Crippen LogP contribution in [0.1, 0.15) is 17.5 Å². The predicted molar refractivity (Wildman–Crippen MR) is 147 cm³/mol. The van der Waals surface area contributed by atoms with E-state index in [1.165, 1.54) is 12.0 Å². The van der Waals surface area contributed by atoms with Gasteiger partial charge in [0.05, 0.1) is 31.9 Å². The zero-order valence-corrected chi connectivity index (χ0v) is 22.6. The van der Waals surface area contributed by atoms with Crippen molar-refractivity contribution in [1.29, 1.82) is 0 Å². The van der Waals surface area contributed by atoms with Gasteiger partial charge >= 0.3 is 12.0 Å². The first-order valence-corrected chi connectivity index (χ1v) is 13.2. The Labute approximate surface area is 232 Å². The number of benzene rings is 2. The molecule has 2 aliphatic heterocycles. The number of carbonyl (C=O) groups is 4. The summed E-state index contributed by atoms with van der Waals surface area (Å²) in [5, 5.41) is 24.8. The van der Waals surface area contributed by atoms with Crippen LogP contribution in [0.4, 0.5) is 16.2 Å². The molecule has 4 rings (SSSR count). The normalized spacial score (nSPS) is 19.3. The van der Waals surface area contributed by atoms with E-state index in [0.29, 0.717) is 48.9 Å². The molecule has 0 spiro atoms. The van der Waals surface area contributed by atoms with E-state index in [0.717, 1.165) is 5.56 Å². The number of rotatable bonds is 8. The number of likely N-dealkylation sites (tertiary alicyclic amines) is 1. The van der Waals surface area contributed by atoms with Crippen LogP contribution in [0.3, 0.4) is 0 Å². The summed E-state index contributed by atoms with van der Waals surface area (Å²) in [6.07, 6.45) is -0.670. The number of β-amino-alcohol motifs (C(OH)–C–C–N with tert-alkyl or cyclic N) is 1. The van der Waals surface area contributed by atoms with Crippen molar-refractivity contribution in [3.05, 3.63) is 53.6 Å². The topological polar surface area (TPSA) is 152 Å². The first kappa shape index (κ1) is 28.8. The number of carbonyl (C=O) groups excluding carboxylic acids is 3. The van der Waals surface area contributed by atoms with Gasteiger partial charge in [0, 0.05) is 44.8 Å². The highest BCUT2D eigenvalue weighted by molar-refractivity contribution is 6.01. The Kier molecular flexibility index (Phi) is 9.22. The quantitative estimate of drug-likeness (QED) is 0.383. The number of carboxylic acids is 1. The van der Waals surface area contributed by atoms with E-state index < -0.39 is 24.1 Å². The summed E-state index contributed by atoms with van der Waals surface area (Å²) in [6.45, 7) is 3.47. The number of aliphatic hydroxyl groups is 1. The van der Waals surface area contributed by atoms with Gasteiger partial charge in [-0.05, 0) is 36.2 Å². The van der Waals surface area contributed by atoms with Gasteiger partial charge < -0.3 is 35.4 Å². The average molecular weight is 554 g/mol. The molecule has 2 saturated heterocycles. The van der Waals surface area contributed by atoms with E-state index in [9.17, 15) is 24.3 Å². The Hall–Kier alpha value is -4.16. The molecule has 0 aliphatic carbocycles. The van der Waals surface area contributed by atoms with Gasteiger partial charge in [-0.2, -0.15) is 0 Å². The SMILES string of the molecule is COc1cc(CC(=O)N2C[C@H](O)C[C@H]2C(=O)N2CCN(CC(=O)O)CC2)ccc1NC(=O)Nc1ccccc1C. The van der Waals surface area contributed by atoms with Gasteiger partial charge in [0.2, 0.25) is 11.8 Å². The lowest BCUT2D eigenvalue weighted by Gasteiger charge is -2.36. The number of hydrogen-bond donors (Lipinski definition) is 4. The number of urea groups is 1. The Bertz CT molecular complexity index is 1260. The molecule has 2 atom stereocenters. The van der Waals surface area contributed by atoms with E-state index >= 15 is 0 Å². The van der Waals surface area contributed by atoms with Crippen LogP contribution in [0, 0.1) is 6.92 Å². The third-order valence-corrected chi connectivity index (χ3v) is 7.19. The van der Waals surface area contributed by atoms with Crippen molar-refractivity contribution < 1.29 is 34.1 Å². The number of aliphatic hydroxyl groups excluding tert-OH is 1. The van der Waals surface area contributed by atoms with Crippen molar-refractivity contribution in [3.63, 3.8) is 0 Å². The van der Waals surface area contributed by atoms with Gasteiger partial charge in [0.1, 0.15) is 11.8 Å². The Morgan fingerprint density at radius 3 is 2.38 bits per heavy atom. The highest BCUT2D eigenvalue weighted by Crippen LogP contribution is 2.28. The maximum atomic E-state index is 13.3. The van der Waals surface area contributed by atoms with Crippen LogP contribution in [-0.2, 0) is 20.8 Å². The molecule has 0 aromatic heterocycles. The van der Waals surface area contributed by atoms with Crippen LogP contribution in [0.15, 0.2) is 42.5 Å². The lowest BCUT2D eigenvalue weighted by Crippen LogP contribution is -2.55. The second-order valence-corrected chi connectivity index (χ2v) is 10.1. The molecule has 12 heteroatoms. The summed E-state index contributed by atoms with van der Waals surface area (Å²) in [4.78, 5) is 54.9. The van der Waals surface area contributed by atoms with Gasteiger partial charge in [-0.15, -0.1) is 0 Å². The lowest BCUT2D eigenvalue weighted by atomic mass is 10.1. The molecule has 0 saturated carbocycles. The molecule has 12 nitrogen and oxygen atoms in total. The summed E-state index contributed by atoms with van der Waals surface area (Å²) in [7, 11) is 1.47. The van der Waals surface area contributed by atoms with Gasteiger partial charge in [-0.3, -0.25) is 19.3 Å². The highest BCUT2D eigenvalue weighted by atomic mass is 16.5. The van der Waals surface area contributed by atoms with Crippen molar-refractivity contribution in [1.82, 2.24) is 14.7 Å². The molecule has 0 bridgehead atoms. The second-order valence-electron chi connectivity index (χ2n) is 10.1. The van der Waals surface area contributed by atoms with Crippen LogP contribution < -0.4 is 15.4 Å². The smallest absolute Gasteiger partial charge is 0.323 e. The van der Waals surface area contributed by atoms with Crippen molar-refractivity contribution in [2.45, 2.75) is 31.9 Å². The van der Waals surface area contributed by atoms with E-state index in [-0.39, 0.29) is 37.7 Å². The fourth-order valence-electron chi connectivity index (χ4n) is 5.07. The van der Waals surface area contributed by atoms with Crippen LogP contribution in [0.5, 0.6) is 5.75 Å². The summed E-state index contributed by atoms with van der Waals surface area (Å²) in [5.74, 6) is -1.09. The highest BCUT2D eigenvalue weighted by Gasteiger charge is 2.41.